The molecule has 1 heterocycles. The van der Waals surface area contributed by atoms with Crippen LogP contribution in [-0.4, -0.2) is 36.5 Å². The molecule has 0 unspecified atom stereocenters. The van der Waals surface area contributed by atoms with Crippen LogP contribution in [0.25, 0.3) is 0 Å². The van der Waals surface area contributed by atoms with E-state index < -0.39 is 0 Å². The second-order valence-electron chi connectivity index (χ2n) is 6.75. The van der Waals surface area contributed by atoms with Gasteiger partial charge in [0.1, 0.15) is 0 Å². The molecule has 5 heteroatoms. The number of piperidine rings is 1. The maximum Gasteiger partial charge on any atom is 0.315 e. The lowest BCUT2D eigenvalue weighted by Crippen LogP contribution is -2.36. The number of hydrogen-bond acceptors (Lipinski definition) is 2. The number of carbonyl (C=O) groups excluding carboxylic acids is 2. The summed E-state index contributed by atoms with van der Waals surface area (Å²) in [5.41, 5.74) is 2.57. The number of rotatable bonds is 4. The Labute approximate surface area is 166 Å². The third-order valence-electron chi connectivity index (χ3n) is 4.64. The van der Waals surface area contributed by atoms with Crippen LogP contribution < -0.4 is 10.6 Å². The van der Waals surface area contributed by atoms with Crippen molar-refractivity contribution in [1.29, 1.82) is 0 Å². The Balaban J connectivity index is 1.41. The number of urea groups is 1. The van der Waals surface area contributed by atoms with Crippen molar-refractivity contribution in [2.24, 2.45) is 0 Å². The largest absolute Gasteiger partial charge is 0.339 e. The van der Waals surface area contributed by atoms with Crippen molar-refractivity contribution in [2.45, 2.75) is 25.8 Å². The van der Waals surface area contributed by atoms with Crippen molar-refractivity contribution in [3.8, 4) is 11.8 Å². The first-order chi connectivity index (χ1) is 13.7. The fourth-order valence-corrected chi connectivity index (χ4v) is 3.08. The van der Waals surface area contributed by atoms with Gasteiger partial charge < -0.3 is 15.5 Å². The van der Waals surface area contributed by atoms with Crippen LogP contribution >= 0.6 is 0 Å². The number of hydrogen-bond donors (Lipinski definition) is 2. The third-order valence-corrected chi connectivity index (χ3v) is 4.64. The number of nitrogens with zero attached hydrogens (tertiary/aromatic N) is 1. The second kappa shape index (κ2) is 10.2. The van der Waals surface area contributed by atoms with Crippen LogP contribution in [0, 0.1) is 11.8 Å². The molecule has 3 rings (SSSR count). The molecule has 2 aromatic rings. The molecule has 0 atom stereocenters. The lowest BCUT2D eigenvalue weighted by atomic mass is 10.1. The minimum absolute atomic E-state index is 0.0916. The van der Waals surface area contributed by atoms with Crippen LogP contribution in [0.3, 0.4) is 0 Å². The minimum Gasteiger partial charge on any atom is -0.339 e. The number of likely N-dealkylation sites (tertiary alicyclic amines) is 1. The summed E-state index contributed by atoms with van der Waals surface area (Å²) in [7, 11) is 0. The van der Waals surface area contributed by atoms with Crippen LogP contribution in [0.1, 0.15) is 40.7 Å². The third kappa shape index (κ3) is 5.88. The zero-order valence-corrected chi connectivity index (χ0v) is 15.9. The molecule has 1 aliphatic heterocycles. The SMILES string of the molecule is O=C(NCC#Cc1ccccc1)NCc1ccc(C(=O)N2CCCCC2)cc1. The highest BCUT2D eigenvalue weighted by atomic mass is 16.2. The van der Waals surface area contributed by atoms with E-state index in [2.05, 4.69) is 22.5 Å². The van der Waals surface area contributed by atoms with E-state index in [0.717, 1.165) is 37.1 Å². The lowest BCUT2D eigenvalue weighted by molar-refractivity contribution is 0.0724. The summed E-state index contributed by atoms with van der Waals surface area (Å²) >= 11 is 0. The molecule has 5 nitrogen and oxygen atoms in total. The summed E-state index contributed by atoms with van der Waals surface area (Å²) in [5, 5.41) is 5.51. The summed E-state index contributed by atoms with van der Waals surface area (Å²) in [6, 6.07) is 16.8. The van der Waals surface area contributed by atoms with Crippen LogP contribution in [0.5, 0.6) is 0 Å². The Morgan fingerprint density at radius 1 is 0.893 bits per heavy atom. The molecule has 0 bridgehead atoms. The molecule has 2 aromatic carbocycles. The molecule has 1 fully saturated rings. The summed E-state index contributed by atoms with van der Waals surface area (Å²) < 4.78 is 0. The standard InChI is InChI=1S/C23H25N3O2/c27-22(26-16-5-2-6-17-26)21-13-11-20(12-14-21)18-25-23(28)24-15-7-10-19-8-3-1-4-9-19/h1,3-4,8-9,11-14H,2,5-6,15-18H2,(H2,24,25,28). The van der Waals surface area contributed by atoms with E-state index >= 15 is 0 Å². The van der Waals surface area contributed by atoms with Crippen LogP contribution in [-0.2, 0) is 6.54 Å². The monoisotopic (exact) mass is 375 g/mol. The highest BCUT2D eigenvalue weighted by Crippen LogP contribution is 2.13. The Morgan fingerprint density at radius 2 is 1.61 bits per heavy atom. The van der Waals surface area contributed by atoms with Gasteiger partial charge in [-0.05, 0) is 49.1 Å². The van der Waals surface area contributed by atoms with Crippen LogP contribution in [0.4, 0.5) is 4.79 Å². The van der Waals surface area contributed by atoms with E-state index in [1.54, 1.807) is 0 Å². The zero-order chi connectivity index (χ0) is 19.6. The molecule has 3 amide bonds. The first-order valence-corrected chi connectivity index (χ1v) is 9.66. The molecule has 0 aliphatic carbocycles. The van der Waals surface area contributed by atoms with Gasteiger partial charge in [0.25, 0.3) is 5.91 Å². The summed E-state index contributed by atoms with van der Waals surface area (Å²) in [6.45, 7) is 2.37. The average Bonchev–Trinajstić information content (AvgIpc) is 2.76. The first-order valence-electron chi connectivity index (χ1n) is 9.66. The van der Waals surface area contributed by atoms with Gasteiger partial charge in [0, 0.05) is 30.8 Å². The molecule has 0 saturated carbocycles. The number of carbonyl (C=O) groups is 2. The summed E-state index contributed by atoms with van der Waals surface area (Å²) in [4.78, 5) is 26.2. The molecule has 2 N–H and O–H groups in total. The Bertz CT molecular complexity index is 845. The molecule has 0 spiro atoms. The van der Waals surface area contributed by atoms with Crippen molar-refractivity contribution in [1.82, 2.24) is 15.5 Å². The lowest BCUT2D eigenvalue weighted by Gasteiger charge is -2.26. The van der Waals surface area contributed by atoms with E-state index in [1.807, 2.05) is 59.5 Å². The minimum atomic E-state index is -0.268. The molecule has 1 aliphatic rings. The maximum absolute atomic E-state index is 12.5. The van der Waals surface area contributed by atoms with Crippen molar-refractivity contribution >= 4 is 11.9 Å². The second-order valence-corrected chi connectivity index (χ2v) is 6.75. The number of benzene rings is 2. The van der Waals surface area contributed by atoms with Crippen molar-refractivity contribution in [3.63, 3.8) is 0 Å². The van der Waals surface area contributed by atoms with Crippen LogP contribution in [0.2, 0.25) is 0 Å². The molecule has 28 heavy (non-hydrogen) atoms. The summed E-state index contributed by atoms with van der Waals surface area (Å²) in [5.74, 6) is 6.00. The van der Waals surface area contributed by atoms with Crippen molar-refractivity contribution in [3.05, 3.63) is 71.3 Å². The summed E-state index contributed by atoms with van der Waals surface area (Å²) in [6.07, 6.45) is 3.37. The number of amides is 3. The maximum atomic E-state index is 12.5. The van der Waals surface area contributed by atoms with E-state index in [1.165, 1.54) is 6.42 Å². The van der Waals surface area contributed by atoms with Crippen molar-refractivity contribution < 1.29 is 9.59 Å². The molecule has 1 saturated heterocycles. The van der Waals surface area contributed by atoms with Gasteiger partial charge in [-0.2, -0.15) is 0 Å². The Morgan fingerprint density at radius 3 is 2.32 bits per heavy atom. The molecular formula is C23H25N3O2. The van der Waals surface area contributed by atoms with E-state index in [-0.39, 0.29) is 18.5 Å². The van der Waals surface area contributed by atoms with Gasteiger partial charge >= 0.3 is 6.03 Å². The molecule has 144 valence electrons. The Hall–Kier alpha value is -3.26. The van der Waals surface area contributed by atoms with Gasteiger partial charge in [-0.3, -0.25) is 4.79 Å². The topological polar surface area (TPSA) is 61.4 Å². The number of nitrogens with one attached hydrogen (secondary N) is 2. The van der Waals surface area contributed by atoms with E-state index in [9.17, 15) is 9.59 Å². The predicted molar refractivity (Wildman–Crippen MR) is 110 cm³/mol. The normalized spacial score (nSPS) is 13.2. The van der Waals surface area contributed by atoms with Gasteiger partial charge in [-0.15, -0.1) is 0 Å². The van der Waals surface area contributed by atoms with Gasteiger partial charge in [-0.25, -0.2) is 4.79 Å². The fraction of sp³-hybridized carbons (Fsp3) is 0.304. The van der Waals surface area contributed by atoms with Gasteiger partial charge in [0.15, 0.2) is 0 Å². The Kier molecular flexibility index (Phi) is 7.08. The van der Waals surface area contributed by atoms with Crippen molar-refractivity contribution in [2.75, 3.05) is 19.6 Å². The van der Waals surface area contributed by atoms with E-state index in [4.69, 9.17) is 0 Å². The fourth-order valence-electron chi connectivity index (χ4n) is 3.08. The zero-order valence-electron chi connectivity index (χ0n) is 15.9. The highest BCUT2D eigenvalue weighted by Gasteiger charge is 2.17. The van der Waals surface area contributed by atoms with Gasteiger partial charge in [0.2, 0.25) is 0 Å². The molecule has 0 radical (unpaired) electrons. The average molecular weight is 375 g/mol. The molecule has 0 aromatic heterocycles. The first kappa shape index (κ1) is 19.5. The predicted octanol–water partition coefficient (Wildman–Crippen LogP) is 3.16. The quantitative estimate of drug-likeness (QED) is 0.807. The van der Waals surface area contributed by atoms with Gasteiger partial charge in [0.05, 0.1) is 6.54 Å². The van der Waals surface area contributed by atoms with E-state index in [0.29, 0.717) is 12.1 Å². The van der Waals surface area contributed by atoms with Gasteiger partial charge in [-0.1, -0.05) is 42.2 Å². The molecular weight excluding hydrogens is 350 g/mol. The van der Waals surface area contributed by atoms with Crippen LogP contribution in [0.15, 0.2) is 54.6 Å². The highest BCUT2D eigenvalue weighted by molar-refractivity contribution is 5.94. The smallest absolute Gasteiger partial charge is 0.315 e.